The Morgan fingerprint density at radius 3 is 2.55 bits per heavy atom. The van der Waals surface area contributed by atoms with Crippen LogP contribution in [0.4, 0.5) is 0 Å². The van der Waals surface area contributed by atoms with Gasteiger partial charge in [0.05, 0.1) is 0 Å². The molecule has 1 atom stereocenters. The second-order valence-corrected chi connectivity index (χ2v) is 6.08. The number of hydrogen-bond donors (Lipinski definition) is 1. The van der Waals surface area contributed by atoms with Crippen LogP contribution in [0.1, 0.15) is 37.7 Å². The van der Waals surface area contributed by atoms with Crippen LogP contribution in [0.5, 0.6) is 0 Å². The van der Waals surface area contributed by atoms with Gasteiger partial charge in [-0.15, -0.1) is 0 Å². The lowest BCUT2D eigenvalue weighted by Gasteiger charge is -2.30. The van der Waals surface area contributed by atoms with Gasteiger partial charge in [0.25, 0.3) is 5.91 Å². The Kier molecular flexibility index (Phi) is 4.01. The van der Waals surface area contributed by atoms with Crippen molar-refractivity contribution in [3.63, 3.8) is 0 Å². The molecule has 1 heterocycles. The van der Waals surface area contributed by atoms with Gasteiger partial charge in [0.2, 0.25) is 0 Å². The number of carbonyl (C=O) groups excluding carboxylic acids is 1. The molecular weight excluding hydrogens is 268 g/mol. The first kappa shape index (κ1) is 13.6. The summed E-state index contributed by atoms with van der Waals surface area (Å²) < 4.78 is 0. The third-order valence-electron chi connectivity index (χ3n) is 4.27. The minimum atomic E-state index is -0.188. The Balaban J connectivity index is 1.70. The van der Waals surface area contributed by atoms with Crippen molar-refractivity contribution in [1.29, 1.82) is 0 Å². The smallest absolute Gasteiger partial charge is 0.251 e. The fourth-order valence-electron chi connectivity index (χ4n) is 3.22. The third kappa shape index (κ3) is 2.70. The van der Waals surface area contributed by atoms with Crippen LogP contribution in [0, 0.1) is 0 Å². The molecule has 1 aliphatic heterocycles. The number of nitrogens with one attached hydrogen (secondary N) is 1. The molecule has 4 heteroatoms. The van der Waals surface area contributed by atoms with E-state index < -0.39 is 0 Å². The van der Waals surface area contributed by atoms with E-state index >= 15 is 0 Å². The molecule has 1 aromatic carbocycles. The van der Waals surface area contributed by atoms with Crippen molar-refractivity contribution in [2.45, 2.75) is 50.6 Å². The van der Waals surface area contributed by atoms with E-state index in [2.05, 4.69) is 17.4 Å². The molecule has 1 amide bonds. The molecule has 1 saturated heterocycles. The van der Waals surface area contributed by atoms with Crippen LogP contribution in [-0.4, -0.2) is 28.0 Å². The molecule has 0 unspecified atom stereocenters. The Morgan fingerprint density at radius 2 is 1.85 bits per heavy atom. The van der Waals surface area contributed by atoms with Gasteiger partial charge in [-0.05, 0) is 30.6 Å². The Labute approximate surface area is 125 Å². The molecule has 0 radical (unpaired) electrons. The van der Waals surface area contributed by atoms with E-state index in [1.807, 2.05) is 23.1 Å². The first-order chi connectivity index (χ1) is 9.75. The highest BCUT2D eigenvalue weighted by Gasteiger charge is 2.39. The Bertz CT molecular complexity index is 496. The molecule has 20 heavy (non-hydrogen) atoms. The van der Waals surface area contributed by atoms with Crippen LogP contribution in [0.2, 0.25) is 0 Å². The largest absolute Gasteiger partial charge is 0.350 e. The van der Waals surface area contributed by atoms with Crippen molar-refractivity contribution < 1.29 is 4.79 Å². The van der Waals surface area contributed by atoms with Gasteiger partial charge < -0.3 is 5.32 Å². The van der Waals surface area contributed by atoms with E-state index in [4.69, 9.17) is 12.2 Å². The first-order valence-electron chi connectivity index (χ1n) is 7.43. The van der Waals surface area contributed by atoms with Crippen LogP contribution in [0.3, 0.4) is 0 Å². The lowest BCUT2D eigenvalue weighted by molar-refractivity contribution is -0.129. The normalized spacial score (nSPS) is 24.0. The Morgan fingerprint density at radius 1 is 1.15 bits per heavy atom. The molecule has 2 aliphatic rings. The van der Waals surface area contributed by atoms with Gasteiger partial charge >= 0.3 is 0 Å². The van der Waals surface area contributed by atoms with Crippen molar-refractivity contribution in [3.8, 4) is 0 Å². The summed E-state index contributed by atoms with van der Waals surface area (Å²) in [6.45, 7) is 0. The van der Waals surface area contributed by atoms with Crippen LogP contribution in [0.25, 0.3) is 0 Å². The number of thiocarbonyl (C=S) groups is 1. The van der Waals surface area contributed by atoms with Crippen molar-refractivity contribution in [3.05, 3.63) is 35.9 Å². The molecule has 0 aromatic heterocycles. The van der Waals surface area contributed by atoms with E-state index in [1.165, 1.54) is 24.8 Å². The highest BCUT2D eigenvalue weighted by Crippen LogP contribution is 2.26. The van der Waals surface area contributed by atoms with Gasteiger partial charge in [0.15, 0.2) is 5.11 Å². The predicted molar refractivity (Wildman–Crippen MR) is 83.4 cm³/mol. The topological polar surface area (TPSA) is 32.3 Å². The second-order valence-electron chi connectivity index (χ2n) is 5.69. The zero-order valence-corrected chi connectivity index (χ0v) is 12.4. The van der Waals surface area contributed by atoms with Crippen LogP contribution >= 0.6 is 12.2 Å². The monoisotopic (exact) mass is 288 g/mol. The van der Waals surface area contributed by atoms with Crippen LogP contribution in [0.15, 0.2) is 30.3 Å². The average Bonchev–Trinajstić information content (AvgIpc) is 2.75. The van der Waals surface area contributed by atoms with Gasteiger partial charge in [0.1, 0.15) is 6.04 Å². The molecule has 2 fully saturated rings. The maximum atomic E-state index is 12.6. The van der Waals surface area contributed by atoms with Crippen molar-refractivity contribution in [1.82, 2.24) is 10.2 Å². The molecule has 0 bridgehead atoms. The third-order valence-corrected chi connectivity index (χ3v) is 4.59. The zero-order chi connectivity index (χ0) is 13.9. The fourth-order valence-corrected chi connectivity index (χ4v) is 3.60. The highest BCUT2D eigenvalue weighted by molar-refractivity contribution is 7.80. The quantitative estimate of drug-likeness (QED) is 0.868. The molecule has 0 spiro atoms. The molecule has 3 nitrogen and oxygen atoms in total. The lowest BCUT2D eigenvalue weighted by Crippen LogP contribution is -2.42. The van der Waals surface area contributed by atoms with Gasteiger partial charge in [0, 0.05) is 12.5 Å². The van der Waals surface area contributed by atoms with Gasteiger partial charge in [-0.1, -0.05) is 49.6 Å². The molecule has 1 aliphatic carbocycles. The molecular formula is C16H20N2OS. The standard InChI is InChI=1S/C16H20N2OS/c19-15-14(11-12-7-3-1-4-8-12)17-16(20)18(15)13-9-5-2-6-10-13/h1,3-4,7-8,13-14H,2,5-6,9-11H2,(H,17,20)/t14-/m0/s1. The summed E-state index contributed by atoms with van der Waals surface area (Å²) in [6.07, 6.45) is 6.59. The number of rotatable bonds is 3. The highest BCUT2D eigenvalue weighted by atomic mass is 32.1. The van der Waals surface area contributed by atoms with Gasteiger partial charge in [-0.2, -0.15) is 0 Å². The van der Waals surface area contributed by atoms with Gasteiger partial charge in [-0.3, -0.25) is 9.69 Å². The SMILES string of the molecule is O=C1[C@H](Cc2ccccc2)NC(=S)N1C1CCCCC1. The number of benzene rings is 1. The van der Waals surface area contributed by atoms with Crippen LogP contribution < -0.4 is 5.32 Å². The van der Waals surface area contributed by atoms with Crippen molar-refractivity contribution >= 4 is 23.2 Å². The van der Waals surface area contributed by atoms with E-state index in [1.54, 1.807) is 0 Å². The summed E-state index contributed by atoms with van der Waals surface area (Å²) in [6, 6.07) is 10.2. The maximum absolute atomic E-state index is 12.6. The predicted octanol–water partition coefficient (Wildman–Crippen LogP) is 2.65. The molecule has 1 saturated carbocycles. The van der Waals surface area contributed by atoms with Crippen LogP contribution in [-0.2, 0) is 11.2 Å². The van der Waals surface area contributed by atoms with E-state index in [-0.39, 0.29) is 11.9 Å². The number of carbonyl (C=O) groups is 1. The van der Waals surface area contributed by atoms with Crippen molar-refractivity contribution in [2.24, 2.45) is 0 Å². The summed E-state index contributed by atoms with van der Waals surface area (Å²) in [5, 5.41) is 3.83. The first-order valence-corrected chi connectivity index (χ1v) is 7.84. The number of hydrogen-bond acceptors (Lipinski definition) is 2. The summed E-state index contributed by atoms with van der Waals surface area (Å²) in [7, 11) is 0. The molecule has 3 rings (SSSR count). The molecule has 1 aromatic rings. The minimum absolute atomic E-state index is 0.158. The fraction of sp³-hybridized carbons (Fsp3) is 0.500. The van der Waals surface area contributed by atoms with Crippen molar-refractivity contribution in [2.75, 3.05) is 0 Å². The minimum Gasteiger partial charge on any atom is -0.350 e. The summed E-state index contributed by atoms with van der Waals surface area (Å²) >= 11 is 5.39. The summed E-state index contributed by atoms with van der Waals surface area (Å²) in [4.78, 5) is 14.4. The zero-order valence-electron chi connectivity index (χ0n) is 11.5. The van der Waals surface area contributed by atoms with E-state index in [0.717, 1.165) is 12.8 Å². The number of amides is 1. The summed E-state index contributed by atoms with van der Waals surface area (Å²) in [5.74, 6) is 0.158. The molecule has 1 N–H and O–H groups in total. The molecule has 106 valence electrons. The maximum Gasteiger partial charge on any atom is 0.251 e. The van der Waals surface area contributed by atoms with E-state index in [0.29, 0.717) is 17.6 Å². The average molecular weight is 288 g/mol. The number of nitrogens with zero attached hydrogens (tertiary/aromatic N) is 1. The Hall–Kier alpha value is -1.42. The lowest BCUT2D eigenvalue weighted by atomic mass is 9.94. The summed E-state index contributed by atoms with van der Waals surface area (Å²) in [5.41, 5.74) is 1.17. The van der Waals surface area contributed by atoms with E-state index in [9.17, 15) is 4.79 Å². The second kappa shape index (κ2) is 5.92. The van der Waals surface area contributed by atoms with Gasteiger partial charge in [-0.25, -0.2) is 0 Å².